The van der Waals surface area contributed by atoms with Crippen LogP contribution >= 0.6 is 0 Å². The van der Waals surface area contributed by atoms with E-state index in [-0.39, 0.29) is 5.56 Å². The van der Waals surface area contributed by atoms with Crippen molar-refractivity contribution in [2.45, 2.75) is 46.0 Å². The molecule has 1 unspecified atom stereocenters. The van der Waals surface area contributed by atoms with Crippen LogP contribution in [0.25, 0.3) is 5.95 Å². The van der Waals surface area contributed by atoms with Crippen LogP contribution in [0.2, 0.25) is 0 Å². The highest BCUT2D eigenvalue weighted by atomic mass is 16.1. The van der Waals surface area contributed by atoms with Crippen molar-refractivity contribution in [3.63, 3.8) is 0 Å². The van der Waals surface area contributed by atoms with Crippen LogP contribution in [-0.4, -0.2) is 19.7 Å². The molecule has 5 heteroatoms. The molecule has 0 fully saturated rings. The first-order valence-electron chi connectivity index (χ1n) is 9.00. The fourth-order valence-electron chi connectivity index (χ4n) is 4.28. The molecule has 0 N–H and O–H groups in total. The van der Waals surface area contributed by atoms with Crippen molar-refractivity contribution in [1.82, 2.24) is 19.7 Å². The van der Waals surface area contributed by atoms with Crippen molar-refractivity contribution in [2.24, 2.45) is 0 Å². The molecule has 1 aromatic carbocycles. The van der Waals surface area contributed by atoms with Crippen molar-refractivity contribution in [3.05, 3.63) is 80.5 Å². The predicted octanol–water partition coefficient (Wildman–Crippen LogP) is 3.22. The van der Waals surface area contributed by atoms with Gasteiger partial charge in [0, 0.05) is 18.0 Å². The smallest absolute Gasteiger partial charge is 0.267 e. The highest BCUT2D eigenvalue weighted by Gasteiger charge is 2.26. The second-order valence-corrected chi connectivity index (χ2v) is 7.17. The van der Waals surface area contributed by atoms with E-state index in [2.05, 4.69) is 48.0 Å². The van der Waals surface area contributed by atoms with Gasteiger partial charge in [0.1, 0.15) is 0 Å². The molecular formula is C21H22N4O. The average Bonchev–Trinajstić information content (AvgIpc) is 2.62. The molecule has 0 radical (unpaired) electrons. The lowest BCUT2D eigenvalue weighted by Crippen LogP contribution is -2.30. The van der Waals surface area contributed by atoms with Crippen molar-refractivity contribution in [2.75, 3.05) is 0 Å². The first-order valence-corrected chi connectivity index (χ1v) is 9.00. The van der Waals surface area contributed by atoms with Gasteiger partial charge in [0.15, 0.2) is 0 Å². The molecule has 132 valence electrons. The molecule has 5 nitrogen and oxygen atoms in total. The number of fused-ring (bicyclic) bond motifs is 1. The largest absolute Gasteiger partial charge is 0.277 e. The van der Waals surface area contributed by atoms with E-state index >= 15 is 0 Å². The molecule has 0 bridgehead atoms. The fourth-order valence-corrected chi connectivity index (χ4v) is 4.28. The molecule has 2 aromatic heterocycles. The Balaban J connectivity index is 1.71. The number of hydrogen-bond donors (Lipinski definition) is 0. The zero-order valence-corrected chi connectivity index (χ0v) is 15.4. The third-order valence-corrected chi connectivity index (χ3v) is 5.26. The summed E-state index contributed by atoms with van der Waals surface area (Å²) in [5, 5.41) is 4.33. The van der Waals surface area contributed by atoms with E-state index in [1.165, 1.54) is 26.9 Å². The van der Waals surface area contributed by atoms with Gasteiger partial charge < -0.3 is 0 Å². The number of nitrogens with zero attached hydrogens (tertiary/aromatic N) is 4. The topological polar surface area (TPSA) is 60.7 Å². The predicted molar refractivity (Wildman–Crippen MR) is 101 cm³/mol. The lowest BCUT2D eigenvalue weighted by molar-refractivity contribution is 0.561. The molecule has 0 aliphatic heterocycles. The van der Waals surface area contributed by atoms with Crippen LogP contribution in [0.15, 0.2) is 41.6 Å². The fraction of sp³-hybridized carbons (Fsp3) is 0.333. The zero-order valence-electron chi connectivity index (χ0n) is 15.4. The standard InChI is InChI=1S/C21H22N4O/c1-13-9-14(2)19(15(3)10-13)16-5-6-18-17(11-16)12-24-25(20(18)26)21-22-7-4-8-23-21/h4,7-10,12,16H,5-6,11H2,1-3H3. The van der Waals surface area contributed by atoms with E-state index < -0.39 is 0 Å². The minimum absolute atomic E-state index is 0.0931. The molecule has 2 heterocycles. The van der Waals surface area contributed by atoms with Crippen LogP contribution < -0.4 is 5.56 Å². The van der Waals surface area contributed by atoms with Crippen molar-refractivity contribution < 1.29 is 0 Å². The molecule has 0 amide bonds. The normalized spacial score (nSPS) is 16.3. The van der Waals surface area contributed by atoms with Gasteiger partial charge in [-0.1, -0.05) is 17.7 Å². The first kappa shape index (κ1) is 16.6. The number of aromatic nitrogens is 4. The second-order valence-electron chi connectivity index (χ2n) is 7.17. The Hall–Kier alpha value is -2.82. The van der Waals surface area contributed by atoms with Crippen LogP contribution in [0, 0.1) is 20.8 Å². The Morgan fingerprint density at radius 3 is 2.46 bits per heavy atom. The van der Waals surface area contributed by atoms with Crippen LogP contribution in [0.4, 0.5) is 0 Å². The van der Waals surface area contributed by atoms with E-state index in [4.69, 9.17) is 0 Å². The molecule has 0 saturated heterocycles. The van der Waals surface area contributed by atoms with E-state index in [0.717, 1.165) is 30.4 Å². The molecule has 1 aliphatic carbocycles. The maximum absolute atomic E-state index is 12.9. The van der Waals surface area contributed by atoms with Gasteiger partial charge in [-0.2, -0.15) is 9.78 Å². The van der Waals surface area contributed by atoms with Gasteiger partial charge in [-0.15, -0.1) is 0 Å². The number of rotatable bonds is 2. The van der Waals surface area contributed by atoms with Gasteiger partial charge in [0.25, 0.3) is 11.5 Å². The van der Waals surface area contributed by atoms with Crippen LogP contribution in [0.3, 0.4) is 0 Å². The molecule has 0 saturated carbocycles. The number of benzene rings is 1. The van der Waals surface area contributed by atoms with E-state index in [1.807, 2.05) is 6.20 Å². The van der Waals surface area contributed by atoms with E-state index in [9.17, 15) is 4.79 Å². The molecule has 1 atom stereocenters. The van der Waals surface area contributed by atoms with Crippen molar-refractivity contribution >= 4 is 0 Å². The SMILES string of the molecule is Cc1cc(C)c(C2CCc3c(cnn(-c4ncccn4)c3=O)C2)c(C)c1. The second kappa shape index (κ2) is 6.48. The summed E-state index contributed by atoms with van der Waals surface area (Å²) in [6, 6.07) is 6.23. The lowest BCUT2D eigenvalue weighted by Gasteiger charge is -2.27. The Bertz CT molecular complexity index is 1000. The maximum atomic E-state index is 12.9. The minimum atomic E-state index is -0.0931. The Morgan fingerprint density at radius 1 is 1.08 bits per heavy atom. The van der Waals surface area contributed by atoms with E-state index in [0.29, 0.717) is 11.9 Å². The third kappa shape index (κ3) is 2.83. The van der Waals surface area contributed by atoms with Crippen LogP contribution in [-0.2, 0) is 12.8 Å². The monoisotopic (exact) mass is 346 g/mol. The average molecular weight is 346 g/mol. The minimum Gasteiger partial charge on any atom is -0.267 e. The third-order valence-electron chi connectivity index (χ3n) is 5.26. The maximum Gasteiger partial charge on any atom is 0.277 e. The van der Waals surface area contributed by atoms with Gasteiger partial charge in [-0.3, -0.25) is 4.79 Å². The lowest BCUT2D eigenvalue weighted by atomic mass is 9.78. The van der Waals surface area contributed by atoms with Gasteiger partial charge in [0.05, 0.1) is 6.20 Å². The Kier molecular flexibility index (Phi) is 4.15. The summed E-state index contributed by atoms with van der Waals surface area (Å²) < 4.78 is 1.31. The summed E-state index contributed by atoms with van der Waals surface area (Å²) in [4.78, 5) is 21.1. The van der Waals surface area contributed by atoms with Crippen LogP contribution in [0.1, 0.15) is 45.7 Å². The van der Waals surface area contributed by atoms with Gasteiger partial charge >= 0.3 is 0 Å². The summed E-state index contributed by atoms with van der Waals surface area (Å²) in [5.74, 6) is 0.765. The van der Waals surface area contributed by atoms with Crippen molar-refractivity contribution in [3.8, 4) is 5.95 Å². The highest BCUT2D eigenvalue weighted by molar-refractivity contribution is 5.42. The quantitative estimate of drug-likeness (QED) is 0.715. The van der Waals surface area contributed by atoms with Gasteiger partial charge in [-0.25, -0.2) is 9.97 Å². The highest BCUT2D eigenvalue weighted by Crippen LogP contribution is 2.35. The summed E-state index contributed by atoms with van der Waals surface area (Å²) in [6.07, 6.45) is 7.66. The zero-order chi connectivity index (χ0) is 18.3. The molecule has 0 spiro atoms. The molecule has 4 rings (SSSR count). The molecule has 1 aliphatic rings. The Labute approximate surface area is 152 Å². The summed E-state index contributed by atoms with van der Waals surface area (Å²) in [5.41, 5.74) is 7.22. The first-order chi connectivity index (χ1) is 12.5. The van der Waals surface area contributed by atoms with Crippen molar-refractivity contribution in [1.29, 1.82) is 0 Å². The Morgan fingerprint density at radius 2 is 1.77 bits per heavy atom. The van der Waals surface area contributed by atoms with E-state index in [1.54, 1.807) is 18.5 Å². The van der Waals surface area contributed by atoms with Gasteiger partial charge in [0.2, 0.25) is 0 Å². The van der Waals surface area contributed by atoms with Gasteiger partial charge in [-0.05, 0) is 74.3 Å². The summed E-state index contributed by atoms with van der Waals surface area (Å²) in [6.45, 7) is 6.51. The molecule has 26 heavy (non-hydrogen) atoms. The molecular weight excluding hydrogens is 324 g/mol. The summed E-state index contributed by atoms with van der Waals surface area (Å²) in [7, 11) is 0. The molecule has 3 aromatic rings. The van der Waals surface area contributed by atoms with Crippen LogP contribution in [0.5, 0.6) is 0 Å². The number of aryl methyl sites for hydroxylation is 3. The summed E-state index contributed by atoms with van der Waals surface area (Å²) >= 11 is 0. The number of hydrogen-bond acceptors (Lipinski definition) is 4.